The second-order valence-electron chi connectivity index (χ2n) is 7.05. The maximum Gasteiger partial charge on any atom is 0.306 e. The van der Waals surface area contributed by atoms with Crippen LogP contribution in [0, 0.1) is 0 Å². The summed E-state index contributed by atoms with van der Waals surface area (Å²) < 4.78 is 38.4. The van der Waals surface area contributed by atoms with Crippen LogP contribution in [0.3, 0.4) is 0 Å². The van der Waals surface area contributed by atoms with Gasteiger partial charge in [0, 0.05) is 24.7 Å². The van der Waals surface area contributed by atoms with Crippen LogP contribution in [0.2, 0.25) is 0 Å². The van der Waals surface area contributed by atoms with Crippen LogP contribution >= 0.6 is 0 Å². The summed E-state index contributed by atoms with van der Waals surface area (Å²) in [7, 11) is -2.44. The highest BCUT2D eigenvalue weighted by molar-refractivity contribution is 7.91. The van der Waals surface area contributed by atoms with E-state index in [-0.39, 0.29) is 24.7 Å². The quantitative estimate of drug-likeness (QED) is 0.741. The number of esters is 1. The fraction of sp³-hybridized carbons (Fsp3) is 0.588. The van der Waals surface area contributed by atoms with Crippen molar-refractivity contribution in [2.45, 2.75) is 56.8 Å². The molecule has 2 heterocycles. The van der Waals surface area contributed by atoms with Gasteiger partial charge >= 0.3 is 5.97 Å². The molecule has 0 unspecified atom stereocenters. The van der Waals surface area contributed by atoms with E-state index in [1.165, 1.54) is 7.11 Å². The lowest BCUT2D eigenvalue weighted by molar-refractivity contribution is -0.141. The highest BCUT2D eigenvalue weighted by Crippen LogP contribution is 2.39. The summed E-state index contributed by atoms with van der Waals surface area (Å²) in [5.74, 6) is -0.637. The molecule has 1 aliphatic heterocycles. The van der Waals surface area contributed by atoms with Crippen molar-refractivity contribution in [3.05, 3.63) is 30.1 Å². The van der Waals surface area contributed by atoms with Crippen molar-refractivity contribution >= 4 is 21.9 Å². The van der Waals surface area contributed by atoms with E-state index in [0.29, 0.717) is 0 Å². The monoisotopic (exact) mass is 368 g/mol. The van der Waals surface area contributed by atoms with Crippen molar-refractivity contribution in [3.63, 3.8) is 0 Å². The highest BCUT2D eigenvalue weighted by Gasteiger charge is 2.53. The fourth-order valence-corrected chi connectivity index (χ4v) is 3.77. The van der Waals surface area contributed by atoms with Gasteiger partial charge in [-0.2, -0.15) is 0 Å². The minimum atomic E-state index is -3.75. The van der Waals surface area contributed by atoms with Gasteiger partial charge in [0.1, 0.15) is 10.3 Å². The molecule has 138 valence electrons. The summed E-state index contributed by atoms with van der Waals surface area (Å²) in [5.41, 5.74) is -0.160. The number of aromatic nitrogens is 1. The first-order valence-electron chi connectivity index (χ1n) is 7.99. The Morgan fingerprint density at radius 1 is 1.32 bits per heavy atom. The first-order valence-corrected chi connectivity index (χ1v) is 9.43. The Morgan fingerprint density at radius 3 is 2.52 bits per heavy atom. The van der Waals surface area contributed by atoms with Crippen molar-refractivity contribution in [1.29, 1.82) is 0 Å². The molecule has 0 spiro atoms. The smallest absolute Gasteiger partial charge is 0.306 e. The Balaban J connectivity index is 2.36. The molecule has 0 aromatic carbocycles. The zero-order valence-corrected chi connectivity index (χ0v) is 16.0. The molecule has 25 heavy (non-hydrogen) atoms. The normalized spacial score (nSPS) is 21.6. The fourth-order valence-electron chi connectivity index (χ4n) is 2.49. The number of sulfonamides is 1. The standard InChI is InChI=1S/C17H24N2O5S/c1-16(2)17(3,4)25(21,22)19-14(24-16)9-13(10-15(20)23-5)12-7-6-8-18-11-12/h6-8,11,13H,9-10H2,1-5H3/t13-/m0/s1. The zero-order valence-electron chi connectivity index (χ0n) is 15.1. The van der Waals surface area contributed by atoms with Gasteiger partial charge in [0.25, 0.3) is 10.0 Å². The number of carbonyl (C=O) groups excluding carboxylic acids is 1. The Hall–Kier alpha value is -1.96. The predicted octanol–water partition coefficient (Wildman–Crippen LogP) is 2.43. The van der Waals surface area contributed by atoms with Crippen LogP contribution in [0.4, 0.5) is 0 Å². The molecule has 7 nitrogen and oxygen atoms in total. The van der Waals surface area contributed by atoms with Gasteiger partial charge in [-0.3, -0.25) is 9.78 Å². The van der Waals surface area contributed by atoms with E-state index in [2.05, 4.69) is 9.38 Å². The summed E-state index contributed by atoms with van der Waals surface area (Å²) >= 11 is 0. The third kappa shape index (κ3) is 3.84. The van der Waals surface area contributed by atoms with Crippen LogP contribution in [0.1, 0.15) is 52.0 Å². The van der Waals surface area contributed by atoms with Gasteiger partial charge in [-0.25, -0.2) is 8.42 Å². The molecule has 0 aliphatic carbocycles. The zero-order chi connectivity index (χ0) is 18.9. The van der Waals surface area contributed by atoms with Crippen molar-refractivity contribution in [2.24, 2.45) is 4.40 Å². The third-order valence-electron chi connectivity index (χ3n) is 4.91. The largest absolute Gasteiger partial charge is 0.472 e. The van der Waals surface area contributed by atoms with Crippen LogP contribution in [0.15, 0.2) is 28.9 Å². The molecule has 1 atom stereocenters. The van der Waals surface area contributed by atoms with Gasteiger partial charge in [0.05, 0.1) is 13.5 Å². The number of hydrogen-bond donors (Lipinski definition) is 0. The number of carbonyl (C=O) groups is 1. The van der Waals surface area contributed by atoms with Crippen molar-refractivity contribution < 1.29 is 22.7 Å². The number of nitrogens with zero attached hydrogens (tertiary/aromatic N) is 2. The minimum Gasteiger partial charge on any atom is -0.472 e. The van der Waals surface area contributed by atoms with E-state index >= 15 is 0 Å². The van der Waals surface area contributed by atoms with E-state index in [1.807, 2.05) is 6.07 Å². The Bertz CT molecular complexity index is 769. The summed E-state index contributed by atoms with van der Waals surface area (Å²) in [6, 6.07) is 3.58. The molecule has 0 fully saturated rings. The van der Waals surface area contributed by atoms with Crippen LogP contribution in [-0.4, -0.2) is 42.7 Å². The number of methoxy groups -OCH3 is 1. The average molecular weight is 368 g/mol. The van der Waals surface area contributed by atoms with Crippen molar-refractivity contribution in [1.82, 2.24) is 4.98 Å². The first-order chi connectivity index (χ1) is 11.5. The van der Waals surface area contributed by atoms with Gasteiger partial charge in [0.15, 0.2) is 0 Å². The molecule has 1 aromatic rings. The van der Waals surface area contributed by atoms with E-state index in [9.17, 15) is 13.2 Å². The molecule has 0 saturated carbocycles. The lowest BCUT2D eigenvalue weighted by atomic mass is 9.91. The average Bonchev–Trinajstić information content (AvgIpc) is 2.52. The van der Waals surface area contributed by atoms with Crippen molar-refractivity contribution in [2.75, 3.05) is 7.11 Å². The maximum atomic E-state index is 12.6. The van der Waals surface area contributed by atoms with Gasteiger partial charge < -0.3 is 9.47 Å². The van der Waals surface area contributed by atoms with Crippen molar-refractivity contribution in [3.8, 4) is 0 Å². The minimum absolute atomic E-state index is 0.0778. The number of rotatable bonds is 5. The molecule has 0 bridgehead atoms. The highest BCUT2D eigenvalue weighted by atomic mass is 32.2. The first kappa shape index (κ1) is 19.4. The van der Waals surface area contributed by atoms with E-state index in [4.69, 9.17) is 9.47 Å². The lowest BCUT2D eigenvalue weighted by Gasteiger charge is -2.43. The molecule has 0 radical (unpaired) electrons. The van der Waals surface area contributed by atoms with Crippen LogP contribution in [0.5, 0.6) is 0 Å². The van der Waals surface area contributed by atoms with Gasteiger partial charge in [-0.05, 0) is 39.3 Å². The number of ether oxygens (including phenoxy) is 2. The molecular weight excluding hydrogens is 344 g/mol. The number of pyridine rings is 1. The molecule has 0 amide bonds. The molecule has 1 aromatic heterocycles. The molecular formula is C17H24N2O5S. The van der Waals surface area contributed by atoms with Gasteiger partial charge in [-0.1, -0.05) is 6.07 Å². The summed E-state index contributed by atoms with van der Waals surface area (Å²) in [6.45, 7) is 6.63. The van der Waals surface area contributed by atoms with Crippen LogP contribution < -0.4 is 0 Å². The Morgan fingerprint density at radius 2 is 2.00 bits per heavy atom. The SMILES string of the molecule is COC(=O)C[C@H](CC1=NS(=O)(=O)C(C)(C)C(C)(C)O1)c1cccnc1. The Kier molecular flexibility index (Phi) is 5.22. The maximum absolute atomic E-state index is 12.6. The predicted molar refractivity (Wildman–Crippen MR) is 93.8 cm³/mol. The molecule has 1 aliphatic rings. The topological polar surface area (TPSA) is 94.9 Å². The molecule has 8 heteroatoms. The lowest BCUT2D eigenvalue weighted by Crippen LogP contribution is -2.56. The second kappa shape index (κ2) is 6.74. The number of hydrogen-bond acceptors (Lipinski definition) is 6. The van der Waals surface area contributed by atoms with Gasteiger partial charge in [0.2, 0.25) is 5.90 Å². The molecule has 0 N–H and O–H groups in total. The van der Waals surface area contributed by atoms with Crippen LogP contribution in [-0.2, 0) is 24.3 Å². The van der Waals surface area contributed by atoms with E-state index < -0.39 is 26.3 Å². The van der Waals surface area contributed by atoms with Gasteiger partial charge in [-0.15, -0.1) is 4.40 Å². The second-order valence-corrected chi connectivity index (χ2v) is 9.20. The van der Waals surface area contributed by atoms with E-state index in [1.54, 1.807) is 46.2 Å². The van der Waals surface area contributed by atoms with Crippen LogP contribution in [0.25, 0.3) is 0 Å². The Labute approximate surface area is 148 Å². The molecule has 0 saturated heterocycles. The summed E-state index contributed by atoms with van der Waals surface area (Å²) in [5, 5.41) is 0. The van der Waals surface area contributed by atoms with E-state index in [0.717, 1.165) is 5.56 Å². The summed E-state index contributed by atoms with van der Waals surface area (Å²) in [4.78, 5) is 15.8. The summed E-state index contributed by atoms with van der Waals surface area (Å²) in [6.07, 6.45) is 3.51. The molecule has 2 rings (SSSR count). The third-order valence-corrected chi connectivity index (χ3v) is 7.13.